The standard InChI is InChI=1S/C12H14N2/c1-9-4-6-10(7-5-9)12(13)11-3-2-8-14-11/h2-8,12,14H,13H2,1H3. The second-order valence-electron chi connectivity index (χ2n) is 3.51. The molecule has 2 aromatic rings. The molecule has 2 heteroatoms. The molecule has 2 nitrogen and oxygen atoms in total. The Labute approximate surface area is 83.8 Å². The summed E-state index contributed by atoms with van der Waals surface area (Å²) >= 11 is 0. The predicted octanol–water partition coefficient (Wildman–Crippen LogP) is 2.37. The predicted molar refractivity (Wildman–Crippen MR) is 58.0 cm³/mol. The summed E-state index contributed by atoms with van der Waals surface area (Å²) in [4.78, 5) is 3.13. The lowest BCUT2D eigenvalue weighted by atomic mass is 10.0. The molecule has 2 rings (SSSR count). The maximum atomic E-state index is 6.08. The van der Waals surface area contributed by atoms with Gasteiger partial charge in [-0.3, -0.25) is 0 Å². The van der Waals surface area contributed by atoms with Crippen LogP contribution in [0.2, 0.25) is 0 Å². The normalized spacial score (nSPS) is 12.7. The number of rotatable bonds is 2. The third kappa shape index (κ3) is 1.70. The van der Waals surface area contributed by atoms with Gasteiger partial charge in [0.25, 0.3) is 0 Å². The number of nitrogens with one attached hydrogen (secondary N) is 1. The average Bonchev–Trinajstić information content (AvgIpc) is 2.71. The Bertz CT molecular complexity index is 387. The highest BCUT2D eigenvalue weighted by atomic mass is 14.8. The molecule has 0 saturated carbocycles. The first kappa shape index (κ1) is 9.03. The van der Waals surface area contributed by atoms with E-state index >= 15 is 0 Å². The molecular weight excluding hydrogens is 172 g/mol. The highest BCUT2D eigenvalue weighted by molar-refractivity contribution is 5.29. The van der Waals surface area contributed by atoms with Crippen LogP contribution in [0.15, 0.2) is 42.6 Å². The van der Waals surface area contributed by atoms with Gasteiger partial charge in [-0.05, 0) is 24.6 Å². The summed E-state index contributed by atoms with van der Waals surface area (Å²) in [6, 6.07) is 12.2. The maximum Gasteiger partial charge on any atom is 0.0704 e. The number of aromatic amines is 1. The van der Waals surface area contributed by atoms with Crippen LogP contribution < -0.4 is 5.73 Å². The van der Waals surface area contributed by atoms with E-state index in [9.17, 15) is 0 Å². The average molecular weight is 186 g/mol. The van der Waals surface area contributed by atoms with Gasteiger partial charge in [0.15, 0.2) is 0 Å². The molecule has 1 atom stereocenters. The van der Waals surface area contributed by atoms with Crippen molar-refractivity contribution in [2.75, 3.05) is 0 Å². The number of aryl methyl sites for hydroxylation is 1. The Hall–Kier alpha value is -1.54. The molecule has 0 aliphatic rings. The van der Waals surface area contributed by atoms with Gasteiger partial charge in [-0.15, -0.1) is 0 Å². The van der Waals surface area contributed by atoms with Gasteiger partial charge in [0.2, 0.25) is 0 Å². The molecule has 0 saturated heterocycles. The fourth-order valence-corrected chi connectivity index (χ4v) is 1.49. The Balaban J connectivity index is 2.28. The van der Waals surface area contributed by atoms with Crippen molar-refractivity contribution < 1.29 is 0 Å². The van der Waals surface area contributed by atoms with Gasteiger partial charge in [-0.25, -0.2) is 0 Å². The molecule has 1 aromatic heterocycles. The van der Waals surface area contributed by atoms with E-state index in [1.165, 1.54) is 5.56 Å². The van der Waals surface area contributed by atoms with Gasteiger partial charge in [0, 0.05) is 11.9 Å². The van der Waals surface area contributed by atoms with Crippen molar-refractivity contribution in [2.45, 2.75) is 13.0 Å². The molecule has 1 unspecified atom stereocenters. The first-order valence-electron chi connectivity index (χ1n) is 4.73. The van der Waals surface area contributed by atoms with Gasteiger partial charge in [-0.1, -0.05) is 29.8 Å². The van der Waals surface area contributed by atoms with Crippen molar-refractivity contribution in [3.63, 3.8) is 0 Å². The van der Waals surface area contributed by atoms with E-state index in [2.05, 4.69) is 36.2 Å². The number of H-pyrrole nitrogens is 1. The fourth-order valence-electron chi connectivity index (χ4n) is 1.49. The lowest BCUT2D eigenvalue weighted by Crippen LogP contribution is -2.11. The van der Waals surface area contributed by atoms with E-state index in [0.717, 1.165) is 11.3 Å². The Kier molecular flexibility index (Phi) is 2.37. The van der Waals surface area contributed by atoms with Gasteiger partial charge in [-0.2, -0.15) is 0 Å². The van der Waals surface area contributed by atoms with Gasteiger partial charge in [0.1, 0.15) is 0 Å². The van der Waals surface area contributed by atoms with Crippen LogP contribution in [-0.2, 0) is 0 Å². The SMILES string of the molecule is Cc1ccc(C(N)c2ccc[nH]2)cc1. The second-order valence-corrected chi connectivity index (χ2v) is 3.51. The minimum Gasteiger partial charge on any atom is -0.363 e. The van der Waals surface area contributed by atoms with Crippen LogP contribution in [0.4, 0.5) is 0 Å². The smallest absolute Gasteiger partial charge is 0.0704 e. The maximum absolute atomic E-state index is 6.08. The van der Waals surface area contributed by atoms with E-state index < -0.39 is 0 Å². The first-order valence-corrected chi connectivity index (χ1v) is 4.73. The molecule has 0 spiro atoms. The summed E-state index contributed by atoms with van der Waals surface area (Å²) in [5.74, 6) is 0. The number of nitrogens with two attached hydrogens (primary N) is 1. The number of aromatic nitrogens is 1. The Morgan fingerprint density at radius 1 is 1.14 bits per heavy atom. The van der Waals surface area contributed by atoms with E-state index in [1.54, 1.807) is 0 Å². The molecule has 0 fully saturated rings. The van der Waals surface area contributed by atoms with Crippen LogP contribution in [0.25, 0.3) is 0 Å². The molecule has 14 heavy (non-hydrogen) atoms. The molecule has 1 aromatic carbocycles. The van der Waals surface area contributed by atoms with Crippen LogP contribution >= 0.6 is 0 Å². The highest BCUT2D eigenvalue weighted by Gasteiger charge is 2.08. The Morgan fingerprint density at radius 3 is 2.43 bits per heavy atom. The van der Waals surface area contributed by atoms with Crippen molar-refractivity contribution in [3.8, 4) is 0 Å². The molecule has 0 aliphatic carbocycles. The lowest BCUT2D eigenvalue weighted by molar-refractivity contribution is 0.838. The summed E-state index contributed by atoms with van der Waals surface area (Å²) in [6.07, 6.45) is 1.89. The van der Waals surface area contributed by atoms with Gasteiger partial charge < -0.3 is 10.7 Å². The largest absolute Gasteiger partial charge is 0.363 e. The highest BCUT2D eigenvalue weighted by Crippen LogP contribution is 2.17. The zero-order chi connectivity index (χ0) is 9.97. The van der Waals surface area contributed by atoms with Crippen LogP contribution in [0, 0.1) is 6.92 Å². The summed E-state index contributed by atoms with van der Waals surface area (Å²) in [5.41, 5.74) is 9.52. The number of benzene rings is 1. The van der Waals surface area contributed by atoms with E-state index in [-0.39, 0.29) is 6.04 Å². The Morgan fingerprint density at radius 2 is 1.86 bits per heavy atom. The zero-order valence-corrected chi connectivity index (χ0v) is 8.20. The summed E-state index contributed by atoms with van der Waals surface area (Å²) in [7, 11) is 0. The minimum absolute atomic E-state index is 0.0504. The van der Waals surface area contributed by atoms with E-state index in [0.29, 0.717) is 0 Å². The summed E-state index contributed by atoms with van der Waals surface area (Å²) in [6.45, 7) is 2.07. The number of hydrogen-bond donors (Lipinski definition) is 2. The van der Waals surface area contributed by atoms with Crippen LogP contribution in [0.3, 0.4) is 0 Å². The molecule has 0 amide bonds. The molecule has 72 valence electrons. The van der Waals surface area contributed by atoms with Crippen LogP contribution in [-0.4, -0.2) is 4.98 Å². The zero-order valence-electron chi connectivity index (χ0n) is 8.20. The molecule has 3 N–H and O–H groups in total. The second kappa shape index (κ2) is 3.68. The molecule has 0 aliphatic heterocycles. The lowest BCUT2D eigenvalue weighted by Gasteiger charge is -2.10. The van der Waals surface area contributed by atoms with Crippen molar-refractivity contribution in [1.29, 1.82) is 0 Å². The van der Waals surface area contributed by atoms with Crippen molar-refractivity contribution in [1.82, 2.24) is 4.98 Å². The van der Waals surface area contributed by atoms with E-state index in [1.807, 2.05) is 18.3 Å². The third-order valence-electron chi connectivity index (χ3n) is 2.39. The third-order valence-corrected chi connectivity index (χ3v) is 2.39. The van der Waals surface area contributed by atoms with Crippen LogP contribution in [0.1, 0.15) is 22.9 Å². The molecule has 0 radical (unpaired) electrons. The van der Waals surface area contributed by atoms with Crippen molar-refractivity contribution in [3.05, 3.63) is 59.4 Å². The van der Waals surface area contributed by atoms with Crippen LogP contribution in [0.5, 0.6) is 0 Å². The molecule has 1 heterocycles. The first-order chi connectivity index (χ1) is 6.77. The van der Waals surface area contributed by atoms with Crippen molar-refractivity contribution in [2.24, 2.45) is 5.73 Å². The molecular formula is C12H14N2. The summed E-state index contributed by atoms with van der Waals surface area (Å²) in [5, 5.41) is 0. The van der Waals surface area contributed by atoms with Gasteiger partial charge >= 0.3 is 0 Å². The minimum atomic E-state index is -0.0504. The fraction of sp³-hybridized carbons (Fsp3) is 0.167. The number of hydrogen-bond acceptors (Lipinski definition) is 1. The topological polar surface area (TPSA) is 41.8 Å². The van der Waals surface area contributed by atoms with E-state index in [4.69, 9.17) is 5.73 Å². The monoisotopic (exact) mass is 186 g/mol. The quantitative estimate of drug-likeness (QED) is 0.742. The van der Waals surface area contributed by atoms with Crippen molar-refractivity contribution >= 4 is 0 Å². The molecule has 0 bridgehead atoms. The summed E-state index contributed by atoms with van der Waals surface area (Å²) < 4.78 is 0. The van der Waals surface area contributed by atoms with Gasteiger partial charge in [0.05, 0.1) is 6.04 Å².